The van der Waals surface area contributed by atoms with Crippen molar-refractivity contribution in [3.05, 3.63) is 23.8 Å². The predicted molar refractivity (Wildman–Crippen MR) is 131 cm³/mol. The lowest BCUT2D eigenvalue weighted by atomic mass is 10.0. The van der Waals surface area contributed by atoms with Crippen LogP contribution in [0.4, 0.5) is 5.69 Å². The zero-order valence-corrected chi connectivity index (χ0v) is 20.3. The number of carboxylic acid groups (broad SMARTS) is 1. The number of rotatable bonds is 13. The van der Waals surface area contributed by atoms with Gasteiger partial charge < -0.3 is 19.6 Å². The van der Waals surface area contributed by atoms with Crippen molar-refractivity contribution < 1.29 is 24.2 Å². The molecule has 0 bridgehead atoms. The summed E-state index contributed by atoms with van der Waals surface area (Å²) >= 11 is 0. The molecule has 2 amide bonds. The van der Waals surface area contributed by atoms with Crippen LogP contribution in [0, 0.1) is 5.92 Å². The van der Waals surface area contributed by atoms with E-state index in [-0.39, 0.29) is 18.4 Å². The highest BCUT2D eigenvalue weighted by molar-refractivity contribution is 6.05. The van der Waals surface area contributed by atoms with Gasteiger partial charge in [0.25, 0.3) is 0 Å². The number of nitrogens with zero attached hydrogens (tertiary/aromatic N) is 3. The second-order valence-corrected chi connectivity index (χ2v) is 9.79. The topological polar surface area (TPSA) is 112 Å². The summed E-state index contributed by atoms with van der Waals surface area (Å²) in [7, 11) is 0. The summed E-state index contributed by atoms with van der Waals surface area (Å²) in [5, 5.41) is 12.0. The number of nitrogens with one attached hydrogen (secondary N) is 1. The van der Waals surface area contributed by atoms with Gasteiger partial charge in [0, 0.05) is 25.6 Å². The Morgan fingerprint density at radius 1 is 1.14 bits per heavy atom. The zero-order chi connectivity index (χ0) is 24.6. The third kappa shape index (κ3) is 7.19. The lowest BCUT2D eigenvalue weighted by Gasteiger charge is -2.23. The first-order chi connectivity index (χ1) is 17.0. The van der Waals surface area contributed by atoms with Crippen LogP contribution >= 0.6 is 0 Å². The Morgan fingerprint density at radius 2 is 1.97 bits per heavy atom. The summed E-state index contributed by atoms with van der Waals surface area (Å²) in [5.74, 6) is 0.998. The first-order valence-electron chi connectivity index (χ1n) is 12.9. The Hall–Kier alpha value is -3.10. The Kier molecular flexibility index (Phi) is 8.60. The molecule has 1 aromatic carbocycles. The van der Waals surface area contributed by atoms with Crippen LogP contribution in [0.2, 0.25) is 0 Å². The van der Waals surface area contributed by atoms with Crippen molar-refractivity contribution in [1.29, 1.82) is 0 Å². The Labute approximate surface area is 206 Å². The third-order valence-corrected chi connectivity index (χ3v) is 7.03. The minimum Gasteiger partial charge on any atom is -0.494 e. The van der Waals surface area contributed by atoms with E-state index in [1.54, 1.807) is 0 Å². The lowest BCUT2D eigenvalue weighted by Crippen LogP contribution is -2.36. The first-order valence-corrected chi connectivity index (χ1v) is 12.9. The molecule has 35 heavy (non-hydrogen) atoms. The number of carboxylic acids is 1. The van der Waals surface area contributed by atoms with Crippen LogP contribution in [-0.2, 0) is 20.9 Å². The molecule has 2 fully saturated rings. The molecule has 0 spiro atoms. The van der Waals surface area contributed by atoms with Gasteiger partial charge in [-0.25, -0.2) is 4.99 Å². The Bertz CT molecular complexity index is 957. The fraction of sp³-hybridized carbons (Fsp3) is 0.615. The number of carbonyl (C=O) groups is 3. The van der Waals surface area contributed by atoms with Crippen molar-refractivity contribution in [3.63, 3.8) is 0 Å². The molecular weight excluding hydrogens is 448 g/mol. The molecule has 2 N–H and O–H groups in total. The van der Waals surface area contributed by atoms with E-state index in [9.17, 15) is 19.5 Å². The van der Waals surface area contributed by atoms with Gasteiger partial charge in [-0.1, -0.05) is 44.6 Å². The molecule has 1 saturated carbocycles. The summed E-state index contributed by atoms with van der Waals surface area (Å²) in [5.41, 5.74) is 1.84. The van der Waals surface area contributed by atoms with Crippen molar-refractivity contribution in [1.82, 2.24) is 15.1 Å². The average molecular weight is 485 g/mol. The molecule has 0 unspecified atom stereocenters. The molecular formula is C26H36N4O5. The number of hydrogen-bond acceptors (Lipinski definition) is 6. The van der Waals surface area contributed by atoms with E-state index in [0.717, 1.165) is 30.0 Å². The molecule has 9 nitrogen and oxygen atoms in total. The fourth-order valence-electron chi connectivity index (χ4n) is 5.13. The summed E-state index contributed by atoms with van der Waals surface area (Å²) in [4.78, 5) is 43.3. The van der Waals surface area contributed by atoms with E-state index in [4.69, 9.17) is 4.74 Å². The second-order valence-electron chi connectivity index (χ2n) is 9.79. The van der Waals surface area contributed by atoms with Gasteiger partial charge >= 0.3 is 5.97 Å². The van der Waals surface area contributed by atoms with Crippen LogP contribution in [0.25, 0.3) is 0 Å². The maximum absolute atomic E-state index is 12.6. The van der Waals surface area contributed by atoms with Gasteiger partial charge in [-0.05, 0) is 36.8 Å². The molecule has 9 heteroatoms. The van der Waals surface area contributed by atoms with Gasteiger partial charge in [-0.15, -0.1) is 0 Å². The quantitative estimate of drug-likeness (QED) is 0.415. The standard InChI is InChI=1S/C26H36N4O5/c31-23-17-30-16-20-11-12-21(15-22(20)27-26(30)28-23)35-14-6-4-10-24(32)29(18-25(33)34)13-5-3-9-19-7-1-2-8-19/h11-12,15,19H,1-10,13-14,16-18H2,(H,33,34)(H,27,28,31). The normalized spacial score (nSPS) is 17.0. The highest BCUT2D eigenvalue weighted by Gasteiger charge is 2.29. The molecule has 0 radical (unpaired) electrons. The lowest BCUT2D eigenvalue weighted by molar-refractivity contribution is -0.144. The van der Waals surface area contributed by atoms with E-state index in [2.05, 4.69) is 10.3 Å². The number of aliphatic imine (C=N–C) groups is 1. The van der Waals surface area contributed by atoms with Crippen molar-refractivity contribution in [3.8, 4) is 5.75 Å². The number of carbonyl (C=O) groups excluding carboxylic acids is 2. The number of hydrogen-bond donors (Lipinski definition) is 2. The monoisotopic (exact) mass is 484 g/mol. The third-order valence-electron chi connectivity index (χ3n) is 7.03. The molecule has 0 atom stereocenters. The SMILES string of the molecule is O=C(O)CN(CCCCC1CCCC1)C(=O)CCCCOc1ccc2c(c1)N=C1NC(=O)CN1C2. The number of amides is 2. The summed E-state index contributed by atoms with van der Waals surface area (Å²) in [6.45, 7) is 1.73. The molecule has 4 rings (SSSR count). The molecule has 0 aromatic heterocycles. The second kappa shape index (κ2) is 12.0. The number of fused-ring (bicyclic) bond motifs is 2. The van der Waals surface area contributed by atoms with Crippen LogP contribution in [0.5, 0.6) is 5.75 Å². The molecule has 1 saturated heterocycles. The number of unbranched alkanes of at least 4 members (excludes halogenated alkanes) is 2. The van der Waals surface area contributed by atoms with Gasteiger partial charge in [0.1, 0.15) is 18.8 Å². The van der Waals surface area contributed by atoms with E-state index in [0.29, 0.717) is 57.2 Å². The van der Waals surface area contributed by atoms with Crippen molar-refractivity contribution >= 4 is 29.4 Å². The largest absolute Gasteiger partial charge is 0.494 e. The first kappa shape index (κ1) is 25.0. The number of ether oxygens (including phenoxy) is 1. The minimum absolute atomic E-state index is 0.0476. The van der Waals surface area contributed by atoms with Crippen molar-refractivity contribution in [2.45, 2.75) is 70.8 Å². The van der Waals surface area contributed by atoms with Crippen LogP contribution in [0.15, 0.2) is 23.2 Å². The van der Waals surface area contributed by atoms with Gasteiger partial charge in [0.2, 0.25) is 17.8 Å². The van der Waals surface area contributed by atoms with Gasteiger partial charge in [-0.2, -0.15) is 0 Å². The molecule has 3 aliphatic rings. The number of guanidine groups is 1. The summed E-state index contributed by atoms with van der Waals surface area (Å²) in [6, 6.07) is 5.74. The summed E-state index contributed by atoms with van der Waals surface area (Å²) in [6.07, 6.45) is 10.1. The maximum Gasteiger partial charge on any atom is 0.323 e. The van der Waals surface area contributed by atoms with Crippen molar-refractivity contribution in [2.24, 2.45) is 10.9 Å². The molecule has 1 aromatic rings. The Morgan fingerprint density at radius 3 is 2.77 bits per heavy atom. The predicted octanol–water partition coefficient (Wildman–Crippen LogP) is 3.44. The smallest absolute Gasteiger partial charge is 0.323 e. The van der Waals surface area contributed by atoms with Crippen molar-refractivity contribution in [2.75, 3.05) is 26.2 Å². The molecule has 2 aliphatic heterocycles. The zero-order valence-electron chi connectivity index (χ0n) is 20.3. The highest BCUT2D eigenvalue weighted by Crippen LogP contribution is 2.31. The minimum atomic E-state index is -0.964. The number of aliphatic carboxylic acids is 1. The molecule has 2 heterocycles. The fourth-order valence-corrected chi connectivity index (χ4v) is 5.13. The number of benzene rings is 1. The maximum atomic E-state index is 12.6. The van der Waals surface area contributed by atoms with Crippen LogP contribution in [-0.4, -0.2) is 64.9 Å². The van der Waals surface area contributed by atoms with E-state index in [1.807, 2.05) is 23.1 Å². The average Bonchev–Trinajstić information content (AvgIpc) is 3.47. The van der Waals surface area contributed by atoms with E-state index in [1.165, 1.54) is 37.0 Å². The highest BCUT2D eigenvalue weighted by atomic mass is 16.5. The van der Waals surface area contributed by atoms with E-state index < -0.39 is 5.97 Å². The molecule has 1 aliphatic carbocycles. The summed E-state index contributed by atoms with van der Waals surface area (Å²) < 4.78 is 5.85. The van der Waals surface area contributed by atoms with Crippen LogP contribution in [0.3, 0.4) is 0 Å². The molecule has 190 valence electrons. The Balaban J connectivity index is 1.16. The van der Waals surface area contributed by atoms with Gasteiger partial charge in [0.15, 0.2) is 0 Å². The van der Waals surface area contributed by atoms with E-state index >= 15 is 0 Å². The van der Waals surface area contributed by atoms with Crippen LogP contribution < -0.4 is 10.1 Å². The van der Waals surface area contributed by atoms with Gasteiger partial charge in [0.05, 0.1) is 12.3 Å². The van der Waals surface area contributed by atoms with Crippen LogP contribution in [0.1, 0.15) is 69.8 Å². The van der Waals surface area contributed by atoms with Gasteiger partial charge in [-0.3, -0.25) is 19.7 Å².